The first-order chi connectivity index (χ1) is 6.69. The minimum absolute atomic E-state index is 0.664. The molecule has 74 valence electrons. The van der Waals surface area contributed by atoms with Crippen molar-refractivity contribution in [2.24, 2.45) is 0 Å². The standard InChI is InChI=1S/C10H12N2O2/c1-2-7-5-8(12-6-11-7)10(3-4-10)9(13)14/h5-6H,2-4H2,1H3,(H,13,14). The zero-order chi connectivity index (χ0) is 10.2. The molecule has 0 saturated heterocycles. The lowest BCUT2D eigenvalue weighted by molar-refractivity contribution is -0.140. The summed E-state index contributed by atoms with van der Waals surface area (Å²) in [4.78, 5) is 19.1. The van der Waals surface area contributed by atoms with Crippen molar-refractivity contribution in [1.82, 2.24) is 9.97 Å². The molecule has 1 aromatic heterocycles. The van der Waals surface area contributed by atoms with Crippen molar-refractivity contribution >= 4 is 5.97 Å². The lowest BCUT2D eigenvalue weighted by Crippen LogP contribution is -2.21. The Labute approximate surface area is 82.0 Å². The Morgan fingerprint density at radius 1 is 1.57 bits per heavy atom. The fraction of sp³-hybridized carbons (Fsp3) is 0.500. The number of rotatable bonds is 3. The van der Waals surface area contributed by atoms with Crippen LogP contribution in [0.4, 0.5) is 0 Å². The fourth-order valence-corrected chi connectivity index (χ4v) is 1.56. The van der Waals surface area contributed by atoms with Gasteiger partial charge in [-0.15, -0.1) is 0 Å². The zero-order valence-corrected chi connectivity index (χ0v) is 8.03. The molecule has 0 bridgehead atoms. The van der Waals surface area contributed by atoms with Gasteiger partial charge in [0.15, 0.2) is 0 Å². The van der Waals surface area contributed by atoms with E-state index < -0.39 is 11.4 Å². The van der Waals surface area contributed by atoms with Gasteiger partial charge in [-0.05, 0) is 25.3 Å². The molecular formula is C10H12N2O2. The van der Waals surface area contributed by atoms with Crippen LogP contribution in [0.15, 0.2) is 12.4 Å². The van der Waals surface area contributed by atoms with Gasteiger partial charge >= 0.3 is 5.97 Å². The first kappa shape index (κ1) is 9.12. The number of aliphatic carboxylic acids is 1. The number of carbonyl (C=O) groups is 1. The van der Waals surface area contributed by atoms with Crippen LogP contribution in [0.1, 0.15) is 31.2 Å². The minimum Gasteiger partial charge on any atom is -0.481 e. The van der Waals surface area contributed by atoms with Crippen molar-refractivity contribution in [3.63, 3.8) is 0 Å². The van der Waals surface area contributed by atoms with Crippen molar-refractivity contribution in [2.75, 3.05) is 0 Å². The zero-order valence-electron chi connectivity index (χ0n) is 8.03. The number of hydrogen-bond acceptors (Lipinski definition) is 3. The highest BCUT2D eigenvalue weighted by Crippen LogP contribution is 2.47. The number of aromatic nitrogens is 2. The smallest absolute Gasteiger partial charge is 0.315 e. The van der Waals surface area contributed by atoms with Gasteiger partial charge in [0.05, 0.1) is 5.69 Å². The van der Waals surface area contributed by atoms with Gasteiger partial charge in [0.1, 0.15) is 11.7 Å². The summed E-state index contributed by atoms with van der Waals surface area (Å²) in [5.74, 6) is -0.766. The minimum atomic E-state index is -0.766. The number of aryl methyl sites for hydroxylation is 1. The van der Waals surface area contributed by atoms with Crippen LogP contribution < -0.4 is 0 Å². The number of nitrogens with zero attached hydrogens (tertiary/aromatic N) is 2. The van der Waals surface area contributed by atoms with Crippen molar-refractivity contribution in [3.8, 4) is 0 Å². The van der Waals surface area contributed by atoms with Gasteiger partial charge in [-0.2, -0.15) is 0 Å². The second-order valence-corrected chi connectivity index (χ2v) is 3.64. The van der Waals surface area contributed by atoms with Crippen LogP contribution >= 0.6 is 0 Å². The second-order valence-electron chi connectivity index (χ2n) is 3.64. The maximum Gasteiger partial charge on any atom is 0.315 e. The molecule has 2 rings (SSSR count). The van der Waals surface area contributed by atoms with E-state index in [2.05, 4.69) is 9.97 Å². The summed E-state index contributed by atoms with van der Waals surface area (Å²) in [6.45, 7) is 1.99. The summed E-state index contributed by atoms with van der Waals surface area (Å²) in [5, 5.41) is 9.06. The molecule has 0 spiro atoms. The quantitative estimate of drug-likeness (QED) is 0.780. The molecule has 1 heterocycles. The van der Waals surface area contributed by atoms with Gasteiger partial charge in [0.2, 0.25) is 0 Å². The number of carboxylic acid groups (broad SMARTS) is 1. The van der Waals surface area contributed by atoms with E-state index in [1.165, 1.54) is 6.33 Å². The Morgan fingerprint density at radius 3 is 2.79 bits per heavy atom. The molecule has 0 aromatic carbocycles. The van der Waals surface area contributed by atoms with Gasteiger partial charge in [0, 0.05) is 5.69 Å². The Bertz CT molecular complexity index is 372. The van der Waals surface area contributed by atoms with Crippen LogP contribution in [0.2, 0.25) is 0 Å². The van der Waals surface area contributed by atoms with E-state index in [0.717, 1.165) is 12.1 Å². The van der Waals surface area contributed by atoms with E-state index in [9.17, 15) is 4.79 Å². The fourth-order valence-electron chi connectivity index (χ4n) is 1.56. The average Bonchev–Trinajstić information content (AvgIpc) is 2.98. The molecular weight excluding hydrogens is 180 g/mol. The third kappa shape index (κ3) is 1.27. The van der Waals surface area contributed by atoms with Gasteiger partial charge < -0.3 is 5.11 Å². The molecule has 0 aliphatic heterocycles. The van der Waals surface area contributed by atoms with Gasteiger partial charge in [0.25, 0.3) is 0 Å². The Kier molecular flexibility index (Phi) is 1.98. The van der Waals surface area contributed by atoms with Gasteiger partial charge in [-0.3, -0.25) is 4.79 Å². The molecule has 0 unspecified atom stereocenters. The third-order valence-corrected chi connectivity index (χ3v) is 2.74. The first-order valence-corrected chi connectivity index (χ1v) is 4.74. The van der Waals surface area contributed by atoms with E-state index in [0.29, 0.717) is 18.5 Å². The molecule has 14 heavy (non-hydrogen) atoms. The maximum atomic E-state index is 11.0. The van der Waals surface area contributed by atoms with E-state index in [-0.39, 0.29) is 0 Å². The van der Waals surface area contributed by atoms with Crippen LogP contribution in [0, 0.1) is 0 Å². The maximum absolute atomic E-state index is 11.0. The van der Waals surface area contributed by atoms with Crippen molar-refractivity contribution < 1.29 is 9.90 Å². The van der Waals surface area contributed by atoms with Gasteiger partial charge in [-0.1, -0.05) is 6.92 Å². The van der Waals surface area contributed by atoms with Crippen LogP contribution in [0.5, 0.6) is 0 Å². The third-order valence-electron chi connectivity index (χ3n) is 2.74. The van der Waals surface area contributed by atoms with Crippen molar-refractivity contribution in [1.29, 1.82) is 0 Å². The predicted molar refractivity (Wildman–Crippen MR) is 50.0 cm³/mol. The Morgan fingerprint density at radius 2 is 2.29 bits per heavy atom. The highest BCUT2D eigenvalue weighted by molar-refractivity contribution is 5.84. The summed E-state index contributed by atoms with van der Waals surface area (Å²) in [7, 11) is 0. The summed E-state index contributed by atoms with van der Waals surface area (Å²) < 4.78 is 0. The number of carboxylic acids is 1. The summed E-state index contributed by atoms with van der Waals surface area (Å²) in [6, 6.07) is 1.81. The van der Waals surface area contributed by atoms with Crippen LogP contribution in [0.3, 0.4) is 0 Å². The molecule has 0 radical (unpaired) electrons. The predicted octanol–water partition coefficient (Wildman–Crippen LogP) is 1.16. The highest BCUT2D eigenvalue weighted by atomic mass is 16.4. The lowest BCUT2D eigenvalue weighted by Gasteiger charge is -2.08. The summed E-state index contributed by atoms with van der Waals surface area (Å²) >= 11 is 0. The molecule has 0 amide bonds. The first-order valence-electron chi connectivity index (χ1n) is 4.74. The number of hydrogen-bond donors (Lipinski definition) is 1. The second kappa shape index (κ2) is 3.04. The lowest BCUT2D eigenvalue weighted by atomic mass is 10.0. The molecule has 1 saturated carbocycles. The van der Waals surface area contributed by atoms with Crippen LogP contribution in [0.25, 0.3) is 0 Å². The normalized spacial score (nSPS) is 17.8. The van der Waals surface area contributed by atoms with E-state index >= 15 is 0 Å². The van der Waals surface area contributed by atoms with Crippen LogP contribution in [-0.4, -0.2) is 21.0 Å². The topological polar surface area (TPSA) is 63.1 Å². The molecule has 1 fully saturated rings. The van der Waals surface area contributed by atoms with Crippen LogP contribution in [-0.2, 0) is 16.6 Å². The monoisotopic (exact) mass is 192 g/mol. The Balaban J connectivity index is 2.37. The van der Waals surface area contributed by atoms with E-state index in [1.807, 2.05) is 6.92 Å². The molecule has 1 aliphatic carbocycles. The average molecular weight is 192 g/mol. The largest absolute Gasteiger partial charge is 0.481 e. The van der Waals surface area contributed by atoms with E-state index in [4.69, 9.17) is 5.11 Å². The summed E-state index contributed by atoms with van der Waals surface area (Å²) in [6.07, 6.45) is 3.66. The molecule has 4 heteroatoms. The summed E-state index contributed by atoms with van der Waals surface area (Å²) in [5.41, 5.74) is 0.867. The van der Waals surface area contributed by atoms with Crippen molar-refractivity contribution in [2.45, 2.75) is 31.6 Å². The Hall–Kier alpha value is -1.45. The molecule has 4 nitrogen and oxygen atoms in total. The van der Waals surface area contributed by atoms with E-state index in [1.54, 1.807) is 6.07 Å². The van der Waals surface area contributed by atoms with Gasteiger partial charge in [-0.25, -0.2) is 9.97 Å². The molecule has 1 aromatic rings. The SMILES string of the molecule is CCc1cc(C2(C(=O)O)CC2)ncn1. The van der Waals surface area contributed by atoms with Crippen molar-refractivity contribution in [3.05, 3.63) is 23.8 Å². The molecule has 1 aliphatic rings. The molecule has 0 atom stereocenters. The molecule has 1 N–H and O–H groups in total. The highest BCUT2D eigenvalue weighted by Gasteiger charge is 2.53.